The summed E-state index contributed by atoms with van der Waals surface area (Å²) in [4.78, 5) is 48.4. The molecule has 2 aromatic carbocycles. The van der Waals surface area contributed by atoms with Gasteiger partial charge in [0.05, 0.1) is 58.7 Å². The highest BCUT2D eigenvalue weighted by molar-refractivity contribution is 6.39. The first-order valence-corrected chi connectivity index (χ1v) is 12.9. The van der Waals surface area contributed by atoms with Crippen molar-refractivity contribution in [1.82, 2.24) is 35.3 Å². The molecule has 0 aliphatic carbocycles. The zero-order valence-corrected chi connectivity index (χ0v) is 22.3. The van der Waals surface area contributed by atoms with Crippen molar-refractivity contribution in [2.24, 2.45) is 4.99 Å². The van der Waals surface area contributed by atoms with Crippen molar-refractivity contribution in [1.29, 1.82) is 5.26 Å². The van der Waals surface area contributed by atoms with Crippen LogP contribution in [0, 0.1) is 11.5 Å². The number of guanidine groups is 1. The van der Waals surface area contributed by atoms with E-state index in [1.807, 2.05) is 18.2 Å². The number of H-pyrrole nitrogens is 1. The molecule has 0 unspecified atom stereocenters. The number of anilines is 1. The number of β-amino-alcohol motifs (C(OH)–C–C–N with tert-alkyl or cyclic N) is 1. The topological polar surface area (TPSA) is 207 Å². The summed E-state index contributed by atoms with van der Waals surface area (Å²) in [6, 6.07) is 5.91. The lowest BCUT2D eigenvalue weighted by molar-refractivity contribution is -0.109. The number of aldehydes is 1. The number of nitrogen functional groups attached to an aromatic ring is 1. The minimum Gasteiger partial charge on any atom is -0.398 e. The van der Waals surface area contributed by atoms with Crippen LogP contribution in [-0.4, -0.2) is 79.7 Å². The summed E-state index contributed by atoms with van der Waals surface area (Å²) in [5, 5.41) is 31.6. The number of nitrogens with zero attached hydrogens (tertiary/aromatic N) is 6. The van der Waals surface area contributed by atoms with E-state index in [9.17, 15) is 19.5 Å². The van der Waals surface area contributed by atoms with Crippen LogP contribution in [-0.2, 0) is 11.3 Å². The molecule has 0 bridgehead atoms. The first-order valence-electron chi connectivity index (χ1n) is 12.6. The Balaban J connectivity index is 1.37. The number of amides is 1. The first kappa shape index (κ1) is 27.6. The number of nitrogens with two attached hydrogens (primary N) is 1. The summed E-state index contributed by atoms with van der Waals surface area (Å²) < 4.78 is 1.40. The van der Waals surface area contributed by atoms with E-state index in [-0.39, 0.29) is 52.8 Å². The number of aliphatic hydroxyl groups is 1. The number of aliphatic hydroxyl groups excluding tert-OH is 1. The summed E-state index contributed by atoms with van der Waals surface area (Å²) in [6.45, 7) is 0.800. The van der Waals surface area contributed by atoms with Gasteiger partial charge in [0.1, 0.15) is 12.3 Å². The molecule has 1 fully saturated rings. The summed E-state index contributed by atoms with van der Waals surface area (Å²) in [5.74, 6) is -0.578. The molecule has 3 heterocycles. The highest BCUT2D eigenvalue weighted by atomic mass is 35.5. The Hall–Kier alpha value is -5.00. The molecule has 210 valence electrons. The fraction of sp³-hybridized carbons (Fsp3) is 0.269. The number of likely N-dealkylation sites (tertiary alicyclic amines) is 1. The van der Waals surface area contributed by atoms with Crippen molar-refractivity contribution < 1.29 is 14.7 Å². The van der Waals surface area contributed by atoms with Gasteiger partial charge in [-0.2, -0.15) is 10.4 Å². The second-order valence-electron chi connectivity index (χ2n) is 9.53. The van der Waals surface area contributed by atoms with Crippen LogP contribution >= 0.6 is 11.6 Å². The number of hydrogen-bond donors (Lipinski definition) is 5. The summed E-state index contributed by atoms with van der Waals surface area (Å²) in [6.07, 6.45) is 5.28. The lowest BCUT2D eigenvalue weighted by Crippen LogP contribution is -2.42. The normalized spacial score (nSPS) is 16.1. The number of hydrogen-bond acceptors (Lipinski definition) is 9. The highest BCUT2D eigenvalue weighted by Crippen LogP contribution is 2.29. The Morgan fingerprint density at radius 3 is 2.98 bits per heavy atom. The second-order valence-corrected chi connectivity index (χ2v) is 9.90. The van der Waals surface area contributed by atoms with Crippen LogP contribution < -0.4 is 21.9 Å². The van der Waals surface area contributed by atoms with Crippen molar-refractivity contribution in [3.8, 4) is 6.19 Å². The zero-order chi connectivity index (χ0) is 29.1. The summed E-state index contributed by atoms with van der Waals surface area (Å²) in [5.41, 5.74) is 7.32. The van der Waals surface area contributed by atoms with Crippen molar-refractivity contribution in [2.45, 2.75) is 25.1 Å². The Bertz CT molecular complexity index is 1780. The number of fused-ring (bicyclic) bond motifs is 2. The van der Waals surface area contributed by atoms with Crippen molar-refractivity contribution in [3.05, 3.63) is 63.3 Å². The van der Waals surface area contributed by atoms with Crippen LogP contribution in [0.2, 0.25) is 5.02 Å². The average molecular weight is 577 g/mol. The molecule has 1 amide bonds. The molecule has 2 aromatic heterocycles. The fourth-order valence-electron chi connectivity index (χ4n) is 4.66. The summed E-state index contributed by atoms with van der Waals surface area (Å²) >= 11 is 6.52. The van der Waals surface area contributed by atoms with E-state index in [2.05, 4.69) is 30.8 Å². The lowest BCUT2D eigenvalue weighted by Gasteiger charge is -2.19. The van der Waals surface area contributed by atoms with Gasteiger partial charge in [0.2, 0.25) is 5.96 Å². The quantitative estimate of drug-likeness (QED) is 0.0509. The number of carbonyl (C=O) groups is 2. The van der Waals surface area contributed by atoms with E-state index in [4.69, 9.17) is 22.6 Å². The van der Waals surface area contributed by atoms with E-state index in [1.165, 1.54) is 17.0 Å². The van der Waals surface area contributed by atoms with Crippen LogP contribution in [0.15, 0.2) is 46.6 Å². The maximum Gasteiger partial charge on any atom is 0.261 e. The molecule has 41 heavy (non-hydrogen) atoms. The smallest absolute Gasteiger partial charge is 0.261 e. The average Bonchev–Trinajstić information content (AvgIpc) is 3.60. The van der Waals surface area contributed by atoms with Gasteiger partial charge in [-0.05, 0) is 24.1 Å². The molecule has 1 aliphatic heterocycles. The standard InChI is InChI=1S/C26H25ClN10O4/c27-22-21(24(40)34-16(11-38)8-30-26(31-12-28)36-4-3-17(39)10-36)19(29)6-18-23(22)32-13-37(25(18)41)9-14-1-2-15-7-33-35-20(15)5-14/h1-2,5-7,11,13,16-17,39H,3-4,8-10,29H2,(H,30,31)(H,33,35)(H,34,40)/t16-,17-/m0/s1. The molecule has 5 rings (SSSR count). The van der Waals surface area contributed by atoms with Crippen molar-refractivity contribution >= 4 is 57.2 Å². The van der Waals surface area contributed by atoms with Gasteiger partial charge in [0.25, 0.3) is 11.5 Å². The van der Waals surface area contributed by atoms with E-state index >= 15 is 0 Å². The van der Waals surface area contributed by atoms with Crippen LogP contribution in [0.5, 0.6) is 0 Å². The van der Waals surface area contributed by atoms with Crippen LogP contribution in [0.4, 0.5) is 5.69 Å². The van der Waals surface area contributed by atoms with Crippen molar-refractivity contribution in [2.75, 3.05) is 25.4 Å². The molecule has 4 aromatic rings. The highest BCUT2D eigenvalue weighted by Gasteiger charge is 2.25. The van der Waals surface area contributed by atoms with Crippen molar-refractivity contribution in [3.63, 3.8) is 0 Å². The monoisotopic (exact) mass is 576 g/mol. The van der Waals surface area contributed by atoms with E-state index < -0.39 is 23.6 Å². The van der Waals surface area contributed by atoms with E-state index in [1.54, 1.807) is 17.3 Å². The summed E-state index contributed by atoms with van der Waals surface area (Å²) in [7, 11) is 0. The third-order valence-electron chi connectivity index (χ3n) is 6.72. The maximum atomic E-state index is 13.3. The number of aromatic nitrogens is 4. The number of rotatable bonds is 7. The molecule has 1 aliphatic rings. The molecular formula is C26H25ClN10O4. The predicted octanol–water partition coefficient (Wildman–Crippen LogP) is 0.347. The van der Waals surface area contributed by atoms with Crippen LogP contribution in [0.1, 0.15) is 22.3 Å². The van der Waals surface area contributed by atoms with Gasteiger partial charge in [-0.3, -0.25) is 24.6 Å². The third kappa shape index (κ3) is 5.67. The predicted molar refractivity (Wildman–Crippen MR) is 151 cm³/mol. The van der Waals surface area contributed by atoms with Gasteiger partial charge in [0, 0.05) is 24.2 Å². The Labute approximate surface area is 237 Å². The number of halogens is 1. The number of nitrogens with one attached hydrogen (secondary N) is 3. The molecule has 15 heteroatoms. The van der Waals surface area contributed by atoms with E-state index in [0.717, 1.165) is 16.5 Å². The number of aromatic amines is 1. The molecule has 6 N–H and O–H groups in total. The Kier molecular flexibility index (Phi) is 7.81. The molecule has 2 atom stereocenters. The minimum atomic E-state index is -1.08. The zero-order valence-electron chi connectivity index (χ0n) is 21.5. The number of benzene rings is 2. The van der Waals surface area contributed by atoms with Gasteiger partial charge >= 0.3 is 0 Å². The lowest BCUT2D eigenvalue weighted by atomic mass is 10.1. The van der Waals surface area contributed by atoms with Gasteiger partial charge < -0.3 is 25.9 Å². The molecule has 1 saturated heterocycles. The second kappa shape index (κ2) is 11.6. The molecular weight excluding hydrogens is 552 g/mol. The molecule has 14 nitrogen and oxygen atoms in total. The minimum absolute atomic E-state index is 0.0680. The Morgan fingerprint density at radius 1 is 1.41 bits per heavy atom. The van der Waals surface area contributed by atoms with Gasteiger partial charge in [-0.25, -0.2) is 9.98 Å². The van der Waals surface area contributed by atoms with Crippen LogP contribution in [0.25, 0.3) is 21.8 Å². The number of aliphatic imine (C=N–C) groups is 1. The Morgan fingerprint density at radius 2 is 2.24 bits per heavy atom. The third-order valence-corrected chi connectivity index (χ3v) is 7.09. The number of nitriles is 1. The SMILES string of the molecule is N#CNC(=NC[C@@H](C=O)NC(=O)c1c(N)cc2c(=O)n(Cc3ccc4cn[nH]c4c3)cnc2c1Cl)N1CC[C@H](O)C1. The van der Waals surface area contributed by atoms with E-state index in [0.29, 0.717) is 19.3 Å². The largest absolute Gasteiger partial charge is 0.398 e. The first-order chi connectivity index (χ1) is 19.8. The fourth-order valence-corrected chi connectivity index (χ4v) is 5.00. The molecule has 0 radical (unpaired) electrons. The number of carbonyl (C=O) groups excluding carboxylic acids is 2. The van der Waals surface area contributed by atoms with Gasteiger partial charge in [0.15, 0.2) is 6.19 Å². The van der Waals surface area contributed by atoms with Gasteiger partial charge in [-0.1, -0.05) is 23.7 Å². The van der Waals surface area contributed by atoms with Gasteiger partial charge in [-0.15, -0.1) is 0 Å². The molecule has 0 saturated carbocycles. The maximum absolute atomic E-state index is 13.3. The molecule has 0 spiro atoms. The van der Waals surface area contributed by atoms with Crippen LogP contribution in [0.3, 0.4) is 0 Å².